The molecule has 1 heteroatoms. The third-order valence-corrected chi connectivity index (χ3v) is 6.43. The van der Waals surface area contributed by atoms with E-state index < -0.39 is 0 Å². The quantitative estimate of drug-likeness (QED) is 0.606. The molecule has 0 bridgehead atoms. The van der Waals surface area contributed by atoms with Crippen LogP contribution in [0.3, 0.4) is 0 Å². The minimum Gasteiger partial charge on any atom is -0.300 e. The summed E-state index contributed by atoms with van der Waals surface area (Å²) in [4.78, 5) is 12.0. The zero-order valence-corrected chi connectivity index (χ0v) is 15.5. The molecule has 1 nitrogen and oxygen atoms in total. The van der Waals surface area contributed by atoms with E-state index in [0.29, 0.717) is 17.6 Å². The first-order valence-corrected chi connectivity index (χ1v) is 9.80. The van der Waals surface area contributed by atoms with Crippen molar-refractivity contribution in [3.63, 3.8) is 0 Å². The Bertz CT molecular complexity index is 575. The molecular weight excluding hydrogens is 292 g/mol. The van der Waals surface area contributed by atoms with E-state index in [-0.39, 0.29) is 5.92 Å². The Morgan fingerprint density at radius 2 is 1.71 bits per heavy atom. The lowest BCUT2D eigenvalue weighted by atomic mass is 9.67. The van der Waals surface area contributed by atoms with Crippen molar-refractivity contribution in [2.24, 2.45) is 23.7 Å². The van der Waals surface area contributed by atoms with Gasteiger partial charge < -0.3 is 0 Å². The molecule has 0 saturated heterocycles. The second-order valence-corrected chi connectivity index (χ2v) is 8.33. The zero-order valence-electron chi connectivity index (χ0n) is 15.5. The highest BCUT2D eigenvalue weighted by Gasteiger charge is 2.33. The third-order valence-electron chi connectivity index (χ3n) is 6.43. The van der Waals surface area contributed by atoms with Gasteiger partial charge in [-0.25, -0.2) is 0 Å². The van der Waals surface area contributed by atoms with Gasteiger partial charge in [0.15, 0.2) is 0 Å². The smallest absolute Gasteiger partial charge is 0.133 e. The number of benzene rings is 1. The predicted molar refractivity (Wildman–Crippen MR) is 101 cm³/mol. The van der Waals surface area contributed by atoms with Crippen LogP contribution < -0.4 is 0 Å². The fraction of sp³-hybridized carbons (Fsp3) is 0.609. The molecule has 3 rings (SSSR count). The topological polar surface area (TPSA) is 17.1 Å². The van der Waals surface area contributed by atoms with Crippen molar-refractivity contribution in [1.82, 2.24) is 0 Å². The van der Waals surface area contributed by atoms with Gasteiger partial charge in [-0.1, -0.05) is 55.8 Å². The summed E-state index contributed by atoms with van der Waals surface area (Å²) in [6.07, 6.45) is 9.89. The Morgan fingerprint density at radius 3 is 2.29 bits per heavy atom. The van der Waals surface area contributed by atoms with E-state index in [9.17, 15) is 4.79 Å². The molecule has 1 aromatic carbocycles. The van der Waals surface area contributed by atoms with Crippen molar-refractivity contribution in [3.8, 4) is 0 Å². The standard InChI is InChI=1S/C23H32O/c1-16(2)21-13-22(17(3)24)15-23(14-21)20-11-9-19(10-12-20)18-7-5-4-6-8-18/h4-8,14,16,19-20,22-23H,9-13,15H2,1-3H3. The highest BCUT2D eigenvalue weighted by Crippen LogP contribution is 2.44. The molecule has 0 radical (unpaired) electrons. The molecule has 2 unspecified atom stereocenters. The van der Waals surface area contributed by atoms with Crippen LogP contribution in [0.5, 0.6) is 0 Å². The SMILES string of the molecule is CC(=O)C1CC(C(C)C)=CC(C2CCC(c3ccccc3)CC2)C1. The average Bonchev–Trinajstić information content (AvgIpc) is 2.62. The van der Waals surface area contributed by atoms with E-state index in [2.05, 4.69) is 50.3 Å². The molecular formula is C23H32O. The lowest BCUT2D eigenvalue weighted by molar-refractivity contribution is -0.121. The van der Waals surface area contributed by atoms with E-state index in [0.717, 1.165) is 24.7 Å². The van der Waals surface area contributed by atoms with Gasteiger partial charge in [0.25, 0.3) is 0 Å². The normalized spacial score (nSPS) is 30.9. The number of carbonyl (C=O) groups excluding carboxylic acids is 1. The van der Waals surface area contributed by atoms with E-state index in [1.807, 2.05) is 0 Å². The van der Waals surface area contributed by atoms with Crippen LogP contribution >= 0.6 is 0 Å². The van der Waals surface area contributed by atoms with Crippen molar-refractivity contribution in [3.05, 3.63) is 47.5 Å². The maximum Gasteiger partial charge on any atom is 0.133 e. The van der Waals surface area contributed by atoms with Gasteiger partial charge in [0.2, 0.25) is 0 Å². The van der Waals surface area contributed by atoms with Crippen LogP contribution in [0.2, 0.25) is 0 Å². The third kappa shape index (κ3) is 3.99. The van der Waals surface area contributed by atoms with Gasteiger partial charge in [0.05, 0.1) is 0 Å². The molecule has 24 heavy (non-hydrogen) atoms. The number of hydrogen-bond acceptors (Lipinski definition) is 1. The summed E-state index contributed by atoms with van der Waals surface area (Å²) in [6, 6.07) is 11.0. The number of Topliss-reactive ketones (excluding diaryl/α,β-unsaturated/α-hetero) is 1. The summed E-state index contributed by atoms with van der Waals surface area (Å²) in [5.74, 6) is 3.38. The van der Waals surface area contributed by atoms with E-state index in [1.165, 1.54) is 36.8 Å². The molecule has 0 heterocycles. The molecule has 2 aliphatic carbocycles. The number of allylic oxidation sites excluding steroid dienone is 2. The summed E-state index contributed by atoms with van der Waals surface area (Å²) in [6.45, 7) is 6.34. The molecule has 1 fully saturated rings. The van der Waals surface area contributed by atoms with Gasteiger partial charge in [-0.2, -0.15) is 0 Å². The molecule has 0 spiro atoms. The van der Waals surface area contributed by atoms with Crippen LogP contribution in [0.4, 0.5) is 0 Å². The summed E-state index contributed by atoms with van der Waals surface area (Å²) in [5, 5.41) is 0. The summed E-state index contributed by atoms with van der Waals surface area (Å²) < 4.78 is 0. The monoisotopic (exact) mass is 324 g/mol. The van der Waals surface area contributed by atoms with Gasteiger partial charge in [0, 0.05) is 5.92 Å². The number of carbonyl (C=O) groups is 1. The minimum atomic E-state index is 0.268. The molecule has 2 aliphatic rings. The fourth-order valence-corrected chi connectivity index (χ4v) is 4.78. The zero-order chi connectivity index (χ0) is 17.1. The first-order valence-electron chi connectivity index (χ1n) is 9.80. The van der Waals surface area contributed by atoms with Crippen LogP contribution in [0.15, 0.2) is 42.0 Å². The lowest BCUT2D eigenvalue weighted by Crippen LogP contribution is -2.28. The summed E-state index contributed by atoms with van der Waals surface area (Å²) in [7, 11) is 0. The Balaban J connectivity index is 1.66. The number of ketones is 1. The maximum absolute atomic E-state index is 12.0. The molecule has 0 aromatic heterocycles. The molecule has 0 N–H and O–H groups in total. The van der Waals surface area contributed by atoms with Gasteiger partial charge in [-0.05, 0) is 74.7 Å². The van der Waals surface area contributed by atoms with E-state index in [1.54, 1.807) is 6.92 Å². The van der Waals surface area contributed by atoms with Gasteiger partial charge in [-0.15, -0.1) is 0 Å². The first kappa shape index (κ1) is 17.5. The van der Waals surface area contributed by atoms with Crippen molar-refractivity contribution in [2.45, 2.75) is 65.2 Å². The lowest BCUT2D eigenvalue weighted by Gasteiger charge is -2.37. The highest BCUT2D eigenvalue weighted by atomic mass is 16.1. The van der Waals surface area contributed by atoms with E-state index >= 15 is 0 Å². The molecule has 0 aliphatic heterocycles. The largest absolute Gasteiger partial charge is 0.300 e. The second kappa shape index (κ2) is 7.68. The second-order valence-electron chi connectivity index (χ2n) is 8.33. The molecule has 1 saturated carbocycles. The van der Waals surface area contributed by atoms with Crippen LogP contribution in [-0.2, 0) is 4.79 Å². The molecule has 2 atom stereocenters. The Morgan fingerprint density at radius 1 is 1.04 bits per heavy atom. The van der Waals surface area contributed by atoms with Crippen LogP contribution in [0.1, 0.15) is 70.8 Å². The summed E-state index contributed by atoms with van der Waals surface area (Å²) in [5.41, 5.74) is 3.04. The Kier molecular flexibility index (Phi) is 5.58. The molecule has 130 valence electrons. The number of hydrogen-bond donors (Lipinski definition) is 0. The molecule has 0 amide bonds. The van der Waals surface area contributed by atoms with E-state index in [4.69, 9.17) is 0 Å². The van der Waals surface area contributed by atoms with Crippen LogP contribution in [-0.4, -0.2) is 5.78 Å². The van der Waals surface area contributed by atoms with Gasteiger partial charge in [0.1, 0.15) is 5.78 Å². The predicted octanol–water partition coefficient (Wildman–Crippen LogP) is 6.16. The molecule has 1 aromatic rings. The van der Waals surface area contributed by atoms with Crippen molar-refractivity contribution in [1.29, 1.82) is 0 Å². The minimum absolute atomic E-state index is 0.268. The fourth-order valence-electron chi connectivity index (χ4n) is 4.78. The summed E-state index contributed by atoms with van der Waals surface area (Å²) >= 11 is 0. The maximum atomic E-state index is 12.0. The average molecular weight is 325 g/mol. The Labute approximate surface area is 147 Å². The Hall–Kier alpha value is -1.37. The first-order chi connectivity index (χ1) is 11.5. The van der Waals surface area contributed by atoms with Crippen molar-refractivity contribution < 1.29 is 4.79 Å². The van der Waals surface area contributed by atoms with Crippen molar-refractivity contribution in [2.75, 3.05) is 0 Å². The van der Waals surface area contributed by atoms with Gasteiger partial charge in [-0.3, -0.25) is 4.79 Å². The van der Waals surface area contributed by atoms with Crippen LogP contribution in [0, 0.1) is 23.7 Å². The number of rotatable bonds is 4. The van der Waals surface area contributed by atoms with Crippen LogP contribution in [0.25, 0.3) is 0 Å². The van der Waals surface area contributed by atoms with Gasteiger partial charge >= 0.3 is 0 Å². The highest BCUT2D eigenvalue weighted by molar-refractivity contribution is 5.78. The van der Waals surface area contributed by atoms with Crippen molar-refractivity contribution >= 4 is 5.78 Å².